The summed E-state index contributed by atoms with van der Waals surface area (Å²) in [6.07, 6.45) is 0. The number of nitrogens with two attached hydrogens (primary N) is 1. The first-order chi connectivity index (χ1) is 33.2. The Hall–Kier alpha value is -8.12. The lowest BCUT2D eigenvalue weighted by molar-refractivity contribution is -0.432. The van der Waals surface area contributed by atoms with Crippen LogP contribution in [0.4, 0.5) is 39.8 Å². The third kappa shape index (κ3) is 11.6. The van der Waals surface area contributed by atoms with Crippen LogP contribution >= 0.6 is 12.0 Å². The van der Waals surface area contributed by atoms with Crippen LogP contribution in [-0.2, 0) is 29.6 Å². The van der Waals surface area contributed by atoms with Crippen LogP contribution in [0.1, 0.15) is 20.8 Å². The fourth-order valence-electron chi connectivity index (χ4n) is 5.96. The first kappa shape index (κ1) is 51.3. The molecule has 30 nitrogen and oxygen atoms in total. The van der Waals surface area contributed by atoms with E-state index < -0.39 is 105 Å². The number of aromatic amines is 1. The standard InChI is InChI=1S/C37H30N10O20S3/c38-35(51)32-33(44-39-23-6-3-20(69(58,59)60)14-22(23)37(53)54)36(52)46(45-32)18-1-4-21-17(11-18)12-29(68-67-66-57)31(34(21)50)43-42-26-16-27(64-9-7-48)25(15-28(26)65-10-8-49)41-40-24-5-2-19(47(55)56)13-30(24)70(61,62)63/h1-6,11-16,45,48-50,57H,7-10H2,(H2,38,51)(H,53,54)(H,58,59,60)(H,61,62,63). The molecule has 6 rings (SSSR count). The van der Waals surface area contributed by atoms with Crippen LogP contribution in [0.5, 0.6) is 17.2 Å². The highest BCUT2D eigenvalue weighted by atomic mass is 32.2. The number of hydrogen-bond donors (Lipinski definition) is 9. The molecule has 0 aliphatic rings. The van der Waals surface area contributed by atoms with Crippen LogP contribution in [0, 0.1) is 10.1 Å². The molecule has 0 fully saturated rings. The lowest BCUT2D eigenvalue weighted by atomic mass is 10.1. The number of phenols is 1. The zero-order valence-corrected chi connectivity index (χ0v) is 37.0. The molecular formula is C37H30N10O20S3. The summed E-state index contributed by atoms with van der Waals surface area (Å²) < 4.78 is 82.9. The quantitative estimate of drug-likeness (QED) is 0.0105. The number of nitrogens with one attached hydrogen (secondary N) is 1. The summed E-state index contributed by atoms with van der Waals surface area (Å²) in [6, 6.07) is 12.1. The molecule has 10 N–H and O–H groups in total. The SMILES string of the molecule is NC(=O)c1[nH]n(-c2ccc3c(O)c(N=Nc4cc(OCCO)c(N=Nc5ccc([N+](=O)[O-])cc5S(=O)(=O)O)cc4OCCO)c(SOOO)cc3c2)c(=O)c1N=Nc1ccc(S(=O)(=O)O)cc1C(=O)O. The number of aliphatic hydroxyl groups is 2. The van der Waals surface area contributed by atoms with Crippen LogP contribution in [0.3, 0.4) is 0 Å². The Kier molecular flexibility index (Phi) is 15.7. The van der Waals surface area contributed by atoms with Gasteiger partial charge in [-0.05, 0) is 53.9 Å². The first-order valence-electron chi connectivity index (χ1n) is 18.8. The van der Waals surface area contributed by atoms with Crippen LogP contribution in [0.15, 0.2) is 123 Å². The van der Waals surface area contributed by atoms with Gasteiger partial charge in [-0.2, -0.15) is 16.8 Å². The van der Waals surface area contributed by atoms with E-state index in [1.807, 2.05) is 0 Å². The fraction of sp³-hybridized carbons (Fsp3) is 0.108. The van der Waals surface area contributed by atoms with E-state index in [1.54, 1.807) is 0 Å². The number of aliphatic hydroxyl groups excluding tert-OH is 2. The molecule has 1 amide bonds. The molecule has 1 aromatic heterocycles. The maximum absolute atomic E-state index is 13.7. The van der Waals surface area contributed by atoms with Crippen molar-refractivity contribution in [3.63, 3.8) is 0 Å². The predicted octanol–water partition coefficient (Wildman–Crippen LogP) is 5.64. The molecule has 5 aromatic carbocycles. The van der Waals surface area contributed by atoms with Gasteiger partial charge >= 0.3 is 5.97 Å². The molecule has 33 heteroatoms. The van der Waals surface area contributed by atoms with E-state index in [0.717, 1.165) is 41.1 Å². The lowest BCUT2D eigenvalue weighted by Crippen LogP contribution is -2.14. The zero-order chi connectivity index (χ0) is 51.1. The number of nitrogens with zero attached hydrogens (tertiary/aromatic N) is 8. The number of aromatic nitrogens is 2. The number of azo groups is 3. The number of primary amides is 1. The topological polar surface area (TPSA) is 462 Å². The largest absolute Gasteiger partial charge is 0.505 e. The molecule has 0 saturated carbocycles. The monoisotopic (exact) mass is 1030 g/mol. The van der Waals surface area contributed by atoms with E-state index in [0.29, 0.717) is 24.2 Å². The molecule has 366 valence electrons. The summed E-state index contributed by atoms with van der Waals surface area (Å²) in [5.74, 6) is -3.91. The van der Waals surface area contributed by atoms with E-state index >= 15 is 0 Å². The van der Waals surface area contributed by atoms with Crippen molar-refractivity contribution in [3.05, 3.63) is 105 Å². The fourth-order valence-corrected chi connectivity index (χ4v) is 7.60. The molecule has 0 unspecified atom stereocenters. The summed E-state index contributed by atoms with van der Waals surface area (Å²) >= 11 is 0.299. The average molecular weight is 1030 g/mol. The summed E-state index contributed by atoms with van der Waals surface area (Å²) in [5.41, 5.74) is -0.170. The average Bonchev–Trinajstić information content (AvgIpc) is 3.65. The number of aromatic hydroxyl groups is 1. The second kappa shape index (κ2) is 21.5. The van der Waals surface area contributed by atoms with Crippen molar-refractivity contribution in [2.24, 2.45) is 36.4 Å². The first-order valence-corrected chi connectivity index (χ1v) is 22.4. The van der Waals surface area contributed by atoms with Crippen LogP contribution in [0.25, 0.3) is 16.5 Å². The van der Waals surface area contributed by atoms with Gasteiger partial charge in [0, 0.05) is 29.7 Å². The van der Waals surface area contributed by atoms with Crippen LogP contribution in [0.2, 0.25) is 0 Å². The lowest BCUT2D eigenvalue weighted by Gasteiger charge is -2.13. The number of non-ortho nitro benzene ring substituents is 1. The number of ether oxygens (including phenoxy) is 2. The van der Waals surface area contributed by atoms with Gasteiger partial charge in [-0.15, -0.1) is 35.0 Å². The Bertz CT molecular complexity index is 3450. The second-order valence-electron chi connectivity index (χ2n) is 13.4. The van der Waals surface area contributed by atoms with Gasteiger partial charge in [0.15, 0.2) is 17.1 Å². The number of phenolic OH excluding ortho intramolecular Hbond substituents is 1. The summed E-state index contributed by atoms with van der Waals surface area (Å²) in [7, 11) is -9.89. The van der Waals surface area contributed by atoms with Gasteiger partial charge in [-0.1, -0.05) is 5.04 Å². The number of carbonyl (C=O) groups excluding carboxylic acids is 1. The van der Waals surface area contributed by atoms with Crippen molar-refractivity contribution >= 4 is 94.7 Å². The van der Waals surface area contributed by atoms with E-state index in [4.69, 9.17) is 20.5 Å². The van der Waals surface area contributed by atoms with E-state index in [9.17, 15) is 70.9 Å². The van der Waals surface area contributed by atoms with Crippen molar-refractivity contribution in [3.8, 4) is 22.9 Å². The maximum Gasteiger partial charge on any atom is 0.338 e. The number of carbonyl (C=O) groups is 2. The number of amides is 1. The van der Waals surface area contributed by atoms with Crippen molar-refractivity contribution < 1.29 is 85.0 Å². The normalized spacial score (nSPS) is 12.1. The number of nitro benzene ring substituents is 1. The minimum atomic E-state index is -5.07. The third-order valence-corrected chi connectivity index (χ3v) is 11.4. The maximum atomic E-state index is 13.7. The Morgan fingerprint density at radius 3 is 1.96 bits per heavy atom. The number of carboxylic acids is 1. The summed E-state index contributed by atoms with van der Waals surface area (Å²) in [6.45, 7) is -1.77. The molecule has 0 atom stereocenters. The highest BCUT2D eigenvalue weighted by molar-refractivity contribution is 7.94. The number of nitro groups is 1. The molecule has 70 heavy (non-hydrogen) atoms. The summed E-state index contributed by atoms with van der Waals surface area (Å²) in [4.78, 5) is 46.4. The van der Waals surface area contributed by atoms with Gasteiger partial charge in [-0.25, -0.2) is 14.7 Å². The van der Waals surface area contributed by atoms with Crippen molar-refractivity contribution in [1.29, 1.82) is 0 Å². The van der Waals surface area contributed by atoms with E-state index in [-0.39, 0.29) is 63.1 Å². The van der Waals surface area contributed by atoms with Gasteiger partial charge < -0.3 is 35.6 Å². The zero-order valence-electron chi connectivity index (χ0n) is 34.6. The van der Waals surface area contributed by atoms with Crippen LogP contribution in [-0.4, -0.2) is 105 Å². The van der Waals surface area contributed by atoms with Crippen molar-refractivity contribution in [2.75, 3.05) is 26.4 Å². The Morgan fingerprint density at radius 2 is 1.39 bits per heavy atom. The van der Waals surface area contributed by atoms with Gasteiger partial charge in [0.1, 0.15) is 58.0 Å². The number of aromatic carboxylic acids is 1. The number of carboxylic acid groups (broad SMARTS) is 1. The molecular weight excluding hydrogens is 1000 g/mol. The molecule has 1 heterocycles. The predicted molar refractivity (Wildman–Crippen MR) is 235 cm³/mol. The second-order valence-corrected chi connectivity index (χ2v) is 17.0. The minimum Gasteiger partial charge on any atom is -0.505 e. The van der Waals surface area contributed by atoms with E-state index in [2.05, 4.69) is 45.2 Å². The third-order valence-electron chi connectivity index (χ3n) is 9.01. The molecule has 0 spiro atoms. The Labute approximate surface area is 393 Å². The van der Waals surface area contributed by atoms with Crippen molar-refractivity contribution in [1.82, 2.24) is 9.78 Å². The van der Waals surface area contributed by atoms with E-state index in [1.165, 1.54) is 24.3 Å². The molecule has 0 saturated heterocycles. The number of H-pyrrole nitrogens is 1. The molecule has 0 aliphatic carbocycles. The number of hydrogen-bond acceptors (Lipinski definition) is 24. The number of benzene rings is 5. The smallest absolute Gasteiger partial charge is 0.338 e. The number of rotatable bonds is 21. The minimum absolute atomic E-state index is 0.0321. The number of fused-ring (bicyclic) bond motifs is 1. The van der Waals surface area contributed by atoms with Gasteiger partial charge in [0.2, 0.25) is 0 Å². The van der Waals surface area contributed by atoms with Gasteiger partial charge in [-0.3, -0.25) is 33.9 Å². The summed E-state index contributed by atoms with van der Waals surface area (Å²) in [5, 5.41) is 90.2. The Balaban J connectivity index is 1.42. The van der Waals surface area contributed by atoms with Gasteiger partial charge in [0.05, 0.1) is 51.2 Å². The van der Waals surface area contributed by atoms with Gasteiger partial charge in [0.25, 0.3) is 37.4 Å². The van der Waals surface area contributed by atoms with Crippen molar-refractivity contribution in [2.45, 2.75) is 14.7 Å². The molecule has 0 radical (unpaired) electrons. The molecule has 0 bridgehead atoms. The highest BCUT2D eigenvalue weighted by Gasteiger charge is 2.24. The van der Waals surface area contributed by atoms with Crippen LogP contribution < -0.4 is 20.8 Å². The Morgan fingerprint density at radius 1 is 0.786 bits per heavy atom. The molecule has 6 aromatic rings. The molecule has 0 aliphatic heterocycles. The highest BCUT2D eigenvalue weighted by Crippen LogP contribution is 2.47.